The number of nitrogens with one attached hydrogen (secondary N) is 3. The molecule has 3 heterocycles. The molecule has 0 aliphatic carbocycles. The Morgan fingerprint density at radius 1 is 0.889 bits per heavy atom. The van der Waals surface area contributed by atoms with Gasteiger partial charge < -0.3 is 14.2 Å². The molecule has 0 amide bonds. The first kappa shape index (κ1) is 12.7. The molecule has 2 saturated heterocycles. The van der Waals surface area contributed by atoms with Crippen LogP contribution in [0.25, 0.3) is 0 Å². The van der Waals surface area contributed by atoms with Crippen molar-refractivity contribution in [3.05, 3.63) is 31.5 Å². The van der Waals surface area contributed by atoms with Gasteiger partial charge in [-0.2, -0.15) is 0 Å². The Labute approximate surface area is 100 Å². The van der Waals surface area contributed by atoms with Gasteiger partial charge >= 0.3 is 17.1 Å². The Hall–Kier alpha value is -1.71. The zero-order chi connectivity index (χ0) is 13.0. The second-order valence-corrected chi connectivity index (χ2v) is 3.81. The molecule has 3 N–H and O–H groups in total. The van der Waals surface area contributed by atoms with Crippen molar-refractivity contribution in [2.24, 2.45) is 0 Å². The quantitative estimate of drug-likeness (QED) is 0.514. The fourth-order valence-corrected chi connectivity index (χ4v) is 1.06. The van der Waals surface area contributed by atoms with Crippen LogP contribution in [0.4, 0.5) is 0 Å². The van der Waals surface area contributed by atoms with Crippen LogP contribution in [-0.4, -0.2) is 53.6 Å². The summed E-state index contributed by atoms with van der Waals surface area (Å²) >= 11 is 0. The molecule has 2 aliphatic rings. The molecular weight excluding hydrogens is 246 g/mol. The maximum Gasteiger partial charge on any atom is 0.330 e. The highest BCUT2D eigenvalue weighted by Gasteiger charge is 2.26. The lowest BCUT2D eigenvalue weighted by atomic mass is 10.5. The van der Waals surface area contributed by atoms with Gasteiger partial charge in [0.1, 0.15) is 12.2 Å². The number of aromatic amines is 3. The summed E-state index contributed by atoms with van der Waals surface area (Å²) in [6.07, 6.45) is 0.785. The number of hydrogen-bond acceptors (Lipinski definition) is 6. The highest BCUT2D eigenvalue weighted by Crippen LogP contribution is 2.12. The molecule has 2 aliphatic heterocycles. The smallest absolute Gasteiger partial charge is 0.330 e. The summed E-state index contributed by atoms with van der Waals surface area (Å²) in [5.74, 6) is 0. The first-order valence-electron chi connectivity index (χ1n) is 5.37. The highest BCUT2D eigenvalue weighted by atomic mass is 16.6. The van der Waals surface area contributed by atoms with Crippen LogP contribution in [0.2, 0.25) is 0 Å². The minimum Gasteiger partial charge on any atom is -0.376 e. The molecule has 100 valence electrons. The van der Waals surface area contributed by atoms with E-state index in [1.165, 1.54) is 0 Å². The van der Waals surface area contributed by atoms with E-state index in [2.05, 4.69) is 0 Å². The molecule has 1 aromatic rings. The molecule has 0 bridgehead atoms. The average molecular weight is 259 g/mol. The van der Waals surface area contributed by atoms with Crippen molar-refractivity contribution in [1.29, 1.82) is 0 Å². The van der Waals surface area contributed by atoms with Gasteiger partial charge in [0.05, 0.1) is 26.4 Å². The van der Waals surface area contributed by atoms with E-state index < -0.39 is 17.1 Å². The second kappa shape index (κ2) is 5.76. The molecule has 0 aromatic carbocycles. The van der Waals surface area contributed by atoms with Gasteiger partial charge in [0.25, 0.3) is 0 Å². The third-order valence-corrected chi connectivity index (χ3v) is 2.09. The van der Waals surface area contributed by atoms with Crippen molar-refractivity contribution in [2.45, 2.75) is 12.2 Å². The number of ether oxygens (including phenoxy) is 3. The van der Waals surface area contributed by atoms with E-state index in [0.29, 0.717) is 12.2 Å². The van der Waals surface area contributed by atoms with Crippen LogP contribution in [0, 0.1) is 0 Å². The van der Waals surface area contributed by atoms with Gasteiger partial charge in [0.15, 0.2) is 0 Å². The maximum atomic E-state index is 10.2. The summed E-state index contributed by atoms with van der Waals surface area (Å²) in [6, 6.07) is 0. The molecule has 3 rings (SSSR count). The molecule has 2 fully saturated rings. The summed E-state index contributed by atoms with van der Waals surface area (Å²) < 4.78 is 15.1. The number of H-pyrrole nitrogens is 3. The van der Waals surface area contributed by atoms with Crippen LogP contribution in [0.1, 0.15) is 0 Å². The summed E-state index contributed by atoms with van der Waals surface area (Å²) in [6.45, 7) is 3.26. The molecule has 0 saturated carbocycles. The summed E-state index contributed by atoms with van der Waals surface area (Å²) in [5.41, 5.74) is -2.41. The number of hydrogen-bond donors (Lipinski definition) is 3. The van der Waals surface area contributed by atoms with Crippen molar-refractivity contribution in [3.63, 3.8) is 0 Å². The van der Waals surface area contributed by atoms with Gasteiger partial charge in [0, 0.05) is 0 Å². The largest absolute Gasteiger partial charge is 0.376 e. The minimum atomic E-state index is -0.802. The molecule has 2 unspecified atom stereocenters. The van der Waals surface area contributed by atoms with E-state index in [-0.39, 0.29) is 0 Å². The van der Waals surface area contributed by atoms with Gasteiger partial charge in [-0.15, -0.1) is 0 Å². The van der Waals surface area contributed by atoms with E-state index in [4.69, 9.17) is 14.2 Å². The Morgan fingerprint density at radius 3 is 1.50 bits per heavy atom. The van der Waals surface area contributed by atoms with Crippen molar-refractivity contribution >= 4 is 0 Å². The van der Waals surface area contributed by atoms with Crippen LogP contribution in [0.15, 0.2) is 14.4 Å². The predicted octanol–water partition coefficient (Wildman–Crippen LogP) is -2.45. The Bertz CT molecular complexity index is 447. The van der Waals surface area contributed by atoms with E-state index in [9.17, 15) is 14.4 Å². The van der Waals surface area contributed by atoms with Crippen LogP contribution < -0.4 is 17.1 Å². The van der Waals surface area contributed by atoms with Crippen LogP contribution >= 0.6 is 0 Å². The second-order valence-electron chi connectivity index (χ2n) is 3.81. The fraction of sp³-hybridized carbons (Fsp3) is 0.667. The maximum absolute atomic E-state index is 10.2. The molecule has 0 radical (unpaired) electrons. The fourth-order valence-electron chi connectivity index (χ4n) is 1.06. The Balaban J connectivity index is 0.000000134. The van der Waals surface area contributed by atoms with E-state index in [1.807, 2.05) is 0 Å². The SMILES string of the molecule is C(OCC1CO1)C1CO1.O=c1[nH]c(=O)[nH]c(=O)[nH]1. The van der Waals surface area contributed by atoms with Crippen LogP contribution in [0.5, 0.6) is 0 Å². The van der Waals surface area contributed by atoms with E-state index in [0.717, 1.165) is 26.4 Å². The molecule has 9 heteroatoms. The van der Waals surface area contributed by atoms with Crippen LogP contribution in [-0.2, 0) is 14.2 Å². The van der Waals surface area contributed by atoms with Gasteiger partial charge in [-0.25, -0.2) is 14.4 Å². The van der Waals surface area contributed by atoms with Gasteiger partial charge in [0.2, 0.25) is 0 Å². The summed E-state index contributed by atoms with van der Waals surface area (Å²) in [7, 11) is 0. The zero-order valence-corrected chi connectivity index (χ0v) is 9.43. The lowest BCUT2D eigenvalue weighted by Crippen LogP contribution is -2.34. The monoisotopic (exact) mass is 259 g/mol. The number of aromatic nitrogens is 3. The third-order valence-electron chi connectivity index (χ3n) is 2.09. The topological polar surface area (TPSA) is 133 Å². The lowest BCUT2D eigenvalue weighted by molar-refractivity contribution is 0.102. The molecule has 18 heavy (non-hydrogen) atoms. The molecule has 9 nitrogen and oxygen atoms in total. The number of epoxide rings is 2. The van der Waals surface area contributed by atoms with E-state index >= 15 is 0 Å². The van der Waals surface area contributed by atoms with Crippen molar-refractivity contribution in [3.8, 4) is 0 Å². The van der Waals surface area contributed by atoms with Crippen LogP contribution in [0.3, 0.4) is 0 Å². The van der Waals surface area contributed by atoms with Gasteiger partial charge in [-0.1, -0.05) is 0 Å². The predicted molar refractivity (Wildman–Crippen MR) is 58.6 cm³/mol. The molecule has 0 spiro atoms. The Morgan fingerprint density at radius 2 is 1.22 bits per heavy atom. The first-order chi connectivity index (χ1) is 8.63. The van der Waals surface area contributed by atoms with Gasteiger partial charge in [-0.3, -0.25) is 15.0 Å². The normalized spacial score (nSPS) is 24.0. The standard InChI is InChI=1S/C6H10O3.C3H3N3O3/c1(5-3-8-5)7-2-6-4-9-6;7-1-4-2(8)6-3(9)5-1/h5-6H,1-4H2;(H3,4,5,6,7,8,9). The molecule has 1 aromatic heterocycles. The number of rotatable bonds is 4. The Kier molecular flexibility index (Phi) is 4.07. The minimum absolute atomic E-state index is 0.392. The van der Waals surface area contributed by atoms with Gasteiger partial charge in [-0.05, 0) is 0 Å². The average Bonchev–Trinajstić information content (AvgIpc) is 3.10. The lowest BCUT2D eigenvalue weighted by Gasteiger charge is -1.95. The summed E-state index contributed by atoms with van der Waals surface area (Å²) in [4.78, 5) is 35.9. The van der Waals surface area contributed by atoms with Crippen molar-refractivity contribution in [2.75, 3.05) is 26.4 Å². The van der Waals surface area contributed by atoms with Crippen molar-refractivity contribution in [1.82, 2.24) is 15.0 Å². The zero-order valence-electron chi connectivity index (χ0n) is 9.43. The first-order valence-corrected chi connectivity index (χ1v) is 5.37. The van der Waals surface area contributed by atoms with Crippen molar-refractivity contribution < 1.29 is 14.2 Å². The molecule has 2 atom stereocenters. The van der Waals surface area contributed by atoms with E-state index in [1.54, 1.807) is 15.0 Å². The third kappa shape index (κ3) is 5.08. The summed E-state index contributed by atoms with van der Waals surface area (Å²) in [5, 5.41) is 0. The highest BCUT2D eigenvalue weighted by molar-refractivity contribution is 4.71. The molecular formula is C9H13N3O6.